The van der Waals surface area contributed by atoms with Crippen LogP contribution in [-0.4, -0.2) is 23.7 Å². The van der Waals surface area contributed by atoms with Gasteiger partial charge in [0.2, 0.25) is 5.91 Å². The van der Waals surface area contributed by atoms with Gasteiger partial charge < -0.3 is 16.2 Å². The molecule has 4 heteroatoms. The summed E-state index contributed by atoms with van der Waals surface area (Å²) in [6.45, 7) is 1.71. The Hall–Kier alpha value is -1.39. The monoisotopic (exact) mass is 236 g/mol. The van der Waals surface area contributed by atoms with Crippen molar-refractivity contribution in [2.75, 3.05) is 6.61 Å². The fourth-order valence-corrected chi connectivity index (χ4v) is 1.55. The first kappa shape index (κ1) is 13.7. The van der Waals surface area contributed by atoms with Crippen LogP contribution in [-0.2, 0) is 4.79 Å². The Labute approximate surface area is 102 Å². The molecule has 1 aromatic rings. The molecular weight excluding hydrogens is 216 g/mol. The summed E-state index contributed by atoms with van der Waals surface area (Å²) in [6.07, 6.45) is 0.981. The molecule has 0 radical (unpaired) electrons. The summed E-state index contributed by atoms with van der Waals surface area (Å²) in [7, 11) is 0. The number of hydrogen-bond donors (Lipinski definition) is 3. The molecule has 4 N–H and O–H groups in total. The molecule has 0 aliphatic heterocycles. The van der Waals surface area contributed by atoms with Crippen LogP contribution in [0.1, 0.15) is 31.4 Å². The van der Waals surface area contributed by atoms with Gasteiger partial charge in [-0.2, -0.15) is 0 Å². The number of aliphatic hydroxyl groups is 1. The van der Waals surface area contributed by atoms with E-state index >= 15 is 0 Å². The van der Waals surface area contributed by atoms with Gasteiger partial charge in [0.25, 0.3) is 0 Å². The van der Waals surface area contributed by atoms with Crippen molar-refractivity contribution in [2.24, 2.45) is 5.73 Å². The number of carbonyl (C=O) groups is 1. The van der Waals surface area contributed by atoms with E-state index in [1.807, 2.05) is 30.3 Å². The Kier molecular flexibility index (Phi) is 5.66. The SMILES string of the molecule is C[C@@H](CO)NC(=O)CCC(N)c1ccccc1. The minimum absolute atomic E-state index is 0.0452. The summed E-state index contributed by atoms with van der Waals surface area (Å²) >= 11 is 0. The molecule has 4 nitrogen and oxygen atoms in total. The highest BCUT2D eigenvalue weighted by Crippen LogP contribution is 2.14. The molecule has 94 valence electrons. The number of rotatable bonds is 6. The molecule has 1 aromatic carbocycles. The first-order chi connectivity index (χ1) is 8.13. The van der Waals surface area contributed by atoms with E-state index in [9.17, 15) is 4.79 Å². The van der Waals surface area contributed by atoms with Gasteiger partial charge in [-0.3, -0.25) is 4.79 Å². The van der Waals surface area contributed by atoms with E-state index in [0.717, 1.165) is 5.56 Å². The molecule has 0 heterocycles. The van der Waals surface area contributed by atoms with Crippen LogP contribution < -0.4 is 11.1 Å². The van der Waals surface area contributed by atoms with E-state index in [2.05, 4.69) is 5.32 Å². The predicted octanol–water partition coefficient (Wildman–Crippen LogP) is 0.964. The van der Waals surface area contributed by atoms with Crippen LogP contribution in [0.15, 0.2) is 30.3 Å². The molecule has 1 amide bonds. The molecule has 17 heavy (non-hydrogen) atoms. The molecule has 0 fully saturated rings. The first-order valence-corrected chi connectivity index (χ1v) is 5.84. The van der Waals surface area contributed by atoms with Gasteiger partial charge in [0.05, 0.1) is 6.61 Å². The molecule has 0 spiro atoms. The Morgan fingerprint density at radius 2 is 2.06 bits per heavy atom. The van der Waals surface area contributed by atoms with Gasteiger partial charge in [-0.1, -0.05) is 30.3 Å². The first-order valence-electron chi connectivity index (χ1n) is 5.84. The van der Waals surface area contributed by atoms with Crippen molar-refractivity contribution >= 4 is 5.91 Å². The van der Waals surface area contributed by atoms with Gasteiger partial charge in [-0.15, -0.1) is 0 Å². The van der Waals surface area contributed by atoms with Gasteiger partial charge in [-0.05, 0) is 18.9 Å². The molecule has 2 atom stereocenters. The van der Waals surface area contributed by atoms with Crippen molar-refractivity contribution in [1.82, 2.24) is 5.32 Å². The van der Waals surface area contributed by atoms with Crippen molar-refractivity contribution in [2.45, 2.75) is 31.8 Å². The molecular formula is C13H20N2O2. The van der Waals surface area contributed by atoms with Crippen LogP contribution in [0.5, 0.6) is 0 Å². The zero-order valence-corrected chi connectivity index (χ0v) is 10.1. The Morgan fingerprint density at radius 3 is 2.65 bits per heavy atom. The second kappa shape index (κ2) is 7.04. The van der Waals surface area contributed by atoms with E-state index < -0.39 is 0 Å². The van der Waals surface area contributed by atoms with E-state index in [-0.39, 0.29) is 24.6 Å². The average Bonchev–Trinajstić information content (AvgIpc) is 2.36. The van der Waals surface area contributed by atoms with Crippen LogP contribution in [0.4, 0.5) is 0 Å². The summed E-state index contributed by atoms with van der Waals surface area (Å²) in [6, 6.07) is 9.40. The predicted molar refractivity (Wildman–Crippen MR) is 67.3 cm³/mol. The number of benzene rings is 1. The summed E-state index contributed by atoms with van der Waals surface area (Å²) in [4.78, 5) is 11.5. The highest BCUT2D eigenvalue weighted by atomic mass is 16.3. The van der Waals surface area contributed by atoms with Crippen molar-refractivity contribution < 1.29 is 9.90 Å². The second-order valence-corrected chi connectivity index (χ2v) is 4.21. The zero-order chi connectivity index (χ0) is 12.7. The second-order valence-electron chi connectivity index (χ2n) is 4.21. The van der Waals surface area contributed by atoms with E-state index in [1.165, 1.54) is 0 Å². The average molecular weight is 236 g/mol. The van der Waals surface area contributed by atoms with Gasteiger partial charge in [0, 0.05) is 18.5 Å². The fourth-order valence-electron chi connectivity index (χ4n) is 1.55. The standard InChI is InChI=1S/C13H20N2O2/c1-10(9-16)15-13(17)8-7-12(14)11-5-3-2-4-6-11/h2-6,10,12,16H,7-9,14H2,1H3,(H,15,17)/t10-,12?/m0/s1. The maximum Gasteiger partial charge on any atom is 0.220 e. The summed E-state index contributed by atoms with van der Waals surface area (Å²) in [5, 5.41) is 11.5. The number of aliphatic hydroxyl groups excluding tert-OH is 1. The molecule has 1 rings (SSSR count). The number of carbonyl (C=O) groups excluding carboxylic acids is 1. The maximum absolute atomic E-state index is 11.5. The normalized spacial score (nSPS) is 14.1. The lowest BCUT2D eigenvalue weighted by Gasteiger charge is -2.14. The lowest BCUT2D eigenvalue weighted by atomic mass is 10.0. The van der Waals surface area contributed by atoms with Crippen LogP contribution in [0.3, 0.4) is 0 Å². The van der Waals surface area contributed by atoms with E-state index in [0.29, 0.717) is 12.8 Å². The number of nitrogens with one attached hydrogen (secondary N) is 1. The molecule has 0 saturated heterocycles. The van der Waals surface area contributed by atoms with Crippen LogP contribution in [0, 0.1) is 0 Å². The third-order valence-corrected chi connectivity index (χ3v) is 2.59. The molecule has 0 aliphatic carbocycles. The minimum Gasteiger partial charge on any atom is -0.394 e. The number of nitrogens with two attached hydrogens (primary N) is 1. The molecule has 1 unspecified atom stereocenters. The third-order valence-electron chi connectivity index (χ3n) is 2.59. The molecule has 0 saturated carbocycles. The summed E-state index contributed by atoms with van der Waals surface area (Å²) in [5.41, 5.74) is 7.01. The summed E-state index contributed by atoms with van der Waals surface area (Å²) in [5.74, 6) is -0.0714. The highest BCUT2D eigenvalue weighted by molar-refractivity contribution is 5.76. The van der Waals surface area contributed by atoms with Crippen molar-refractivity contribution in [3.63, 3.8) is 0 Å². The van der Waals surface area contributed by atoms with Crippen molar-refractivity contribution in [3.05, 3.63) is 35.9 Å². The largest absolute Gasteiger partial charge is 0.394 e. The van der Waals surface area contributed by atoms with E-state index in [4.69, 9.17) is 10.8 Å². The fraction of sp³-hybridized carbons (Fsp3) is 0.462. The Morgan fingerprint density at radius 1 is 1.41 bits per heavy atom. The minimum atomic E-state index is -0.199. The maximum atomic E-state index is 11.5. The Bertz CT molecular complexity index is 341. The third kappa shape index (κ3) is 4.97. The molecule has 0 aromatic heterocycles. The van der Waals surface area contributed by atoms with Crippen molar-refractivity contribution in [1.29, 1.82) is 0 Å². The van der Waals surface area contributed by atoms with Gasteiger partial charge in [0.15, 0.2) is 0 Å². The highest BCUT2D eigenvalue weighted by Gasteiger charge is 2.10. The Balaban J connectivity index is 2.33. The van der Waals surface area contributed by atoms with Gasteiger partial charge in [0.1, 0.15) is 0 Å². The van der Waals surface area contributed by atoms with Gasteiger partial charge in [-0.25, -0.2) is 0 Å². The summed E-state index contributed by atoms with van der Waals surface area (Å²) < 4.78 is 0. The zero-order valence-electron chi connectivity index (χ0n) is 10.1. The lowest BCUT2D eigenvalue weighted by molar-refractivity contribution is -0.122. The van der Waals surface area contributed by atoms with E-state index in [1.54, 1.807) is 6.92 Å². The number of hydrogen-bond acceptors (Lipinski definition) is 3. The van der Waals surface area contributed by atoms with Crippen LogP contribution >= 0.6 is 0 Å². The smallest absolute Gasteiger partial charge is 0.220 e. The van der Waals surface area contributed by atoms with Crippen LogP contribution in [0.25, 0.3) is 0 Å². The topological polar surface area (TPSA) is 75.3 Å². The molecule has 0 aliphatic rings. The van der Waals surface area contributed by atoms with Crippen LogP contribution in [0.2, 0.25) is 0 Å². The van der Waals surface area contributed by atoms with Crippen molar-refractivity contribution in [3.8, 4) is 0 Å². The quantitative estimate of drug-likeness (QED) is 0.688. The lowest BCUT2D eigenvalue weighted by Crippen LogP contribution is -2.35. The molecule has 0 bridgehead atoms. The number of amides is 1. The van der Waals surface area contributed by atoms with Gasteiger partial charge >= 0.3 is 0 Å².